The van der Waals surface area contributed by atoms with Crippen LogP contribution in [0.4, 0.5) is 4.39 Å². The highest BCUT2D eigenvalue weighted by Crippen LogP contribution is 2.68. The number of aliphatic hydroxyl groups is 1. The molecule has 41 heavy (non-hydrogen) atoms. The van der Waals surface area contributed by atoms with Gasteiger partial charge in [-0.2, -0.15) is 0 Å². The van der Waals surface area contributed by atoms with Crippen LogP contribution in [-0.4, -0.2) is 38.0 Å². The highest BCUT2D eigenvalue weighted by atomic mass is 32.2. The summed E-state index contributed by atoms with van der Waals surface area (Å²) in [5, 5.41) is 12.9. The first kappa shape index (κ1) is 30.5. The van der Waals surface area contributed by atoms with Crippen molar-refractivity contribution in [2.75, 3.05) is 6.54 Å². The number of halogens is 1. The molecule has 0 spiro atoms. The van der Waals surface area contributed by atoms with Gasteiger partial charge < -0.3 is 10.4 Å². The van der Waals surface area contributed by atoms with E-state index >= 15 is 0 Å². The smallest absolute Gasteiger partial charge is 0.264 e. The molecule has 1 aromatic rings. The van der Waals surface area contributed by atoms with Crippen LogP contribution in [0.5, 0.6) is 0 Å². The molecule has 0 saturated heterocycles. The number of fused-ring (bicyclic) bond motifs is 5. The van der Waals surface area contributed by atoms with E-state index in [9.17, 15) is 27.5 Å². The van der Waals surface area contributed by atoms with Crippen molar-refractivity contribution >= 4 is 21.8 Å². The van der Waals surface area contributed by atoms with Crippen LogP contribution in [-0.2, 0) is 19.6 Å². The first-order valence-corrected chi connectivity index (χ1v) is 17.1. The fourth-order valence-corrected chi connectivity index (χ4v) is 10.9. The minimum atomic E-state index is -4.13. The van der Waals surface area contributed by atoms with E-state index in [4.69, 9.17) is 0 Å². The van der Waals surface area contributed by atoms with Crippen molar-refractivity contribution in [1.29, 1.82) is 0 Å². The molecule has 2 amide bonds. The Bertz CT molecular complexity index is 1240. The van der Waals surface area contributed by atoms with Crippen LogP contribution in [0.2, 0.25) is 0 Å². The number of hydrogen-bond donors (Lipinski definition) is 3. The van der Waals surface area contributed by atoms with Crippen LogP contribution >= 0.6 is 0 Å². The molecule has 4 aliphatic carbocycles. The Hall–Kier alpha value is -2.00. The van der Waals surface area contributed by atoms with Gasteiger partial charge in [-0.1, -0.05) is 20.8 Å². The molecule has 4 aliphatic rings. The maximum atomic E-state index is 13.1. The number of benzene rings is 1. The van der Waals surface area contributed by atoms with Gasteiger partial charge in [0.05, 0.1) is 17.5 Å². The molecule has 9 atom stereocenters. The quantitative estimate of drug-likeness (QED) is 0.386. The van der Waals surface area contributed by atoms with Crippen LogP contribution in [0.1, 0.15) is 91.4 Å². The first-order chi connectivity index (χ1) is 19.3. The maximum Gasteiger partial charge on any atom is 0.264 e. The highest BCUT2D eigenvalue weighted by molar-refractivity contribution is 7.90. The summed E-state index contributed by atoms with van der Waals surface area (Å²) in [6, 6.07) is 4.18. The Kier molecular flexibility index (Phi) is 8.61. The maximum absolute atomic E-state index is 13.1. The minimum Gasteiger partial charge on any atom is -0.393 e. The lowest BCUT2D eigenvalue weighted by Crippen LogP contribution is -2.54. The zero-order chi connectivity index (χ0) is 29.6. The summed E-state index contributed by atoms with van der Waals surface area (Å²) in [4.78, 5) is 24.6. The Morgan fingerprint density at radius 2 is 1.66 bits per heavy atom. The van der Waals surface area contributed by atoms with Gasteiger partial charge in [-0.15, -0.1) is 0 Å². The van der Waals surface area contributed by atoms with Crippen LogP contribution in [0.3, 0.4) is 0 Å². The molecule has 228 valence electrons. The Balaban J connectivity index is 1.11. The monoisotopic (exact) mass is 590 g/mol. The van der Waals surface area contributed by atoms with E-state index in [1.807, 2.05) is 4.72 Å². The third-order valence-electron chi connectivity index (χ3n) is 12.0. The first-order valence-electron chi connectivity index (χ1n) is 15.6. The molecule has 7 nitrogen and oxygen atoms in total. The summed E-state index contributed by atoms with van der Waals surface area (Å²) in [5.74, 6) is 2.22. The normalized spacial score (nSPS) is 37.3. The topological polar surface area (TPSA) is 113 Å². The van der Waals surface area contributed by atoms with Gasteiger partial charge in [-0.3, -0.25) is 9.59 Å². The van der Waals surface area contributed by atoms with E-state index in [1.54, 1.807) is 0 Å². The Labute approximate surface area is 244 Å². The van der Waals surface area contributed by atoms with Crippen molar-refractivity contribution in [2.24, 2.45) is 46.3 Å². The number of carbonyl (C=O) groups excluding carboxylic acids is 2. The number of carbonyl (C=O) groups is 2. The summed E-state index contributed by atoms with van der Waals surface area (Å²) < 4.78 is 39.6. The van der Waals surface area contributed by atoms with Gasteiger partial charge in [0.15, 0.2) is 0 Å². The minimum absolute atomic E-state index is 0.115. The van der Waals surface area contributed by atoms with Crippen LogP contribution < -0.4 is 10.0 Å². The lowest BCUT2D eigenvalue weighted by molar-refractivity contribution is -0.130. The van der Waals surface area contributed by atoms with Gasteiger partial charge in [-0.25, -0.2) is 17.5 Å². The second-order valence-corrected chi connectivity index (χ2v) is 15.8. The summed E-state index contributed by atoms with van der Waals surface area (Å²) in [5.41, 5.74) is 0.666. The number of sulfonamides is 1. The van der Waals surface area contributed by atoms with Crippen LogP contribution in [0.15, 0.2) is 29.2 Å². The van der Waals surface area contributed by atoms with Gasteiger partial charge in [0, 0.05) is 6.42 Å². The molecule has 1 aromatic carbocycles. The summed E-state index contributed by atoms with van der Waals surface area (Å²) >= 11 is 0. The predicted octanol–water partition coefficient (Wildman–Crippen LogP) is 5.18. The van der Waals surface area contributed by atoms with E-state index in [0.717, 1.165) is 67.7 Å². The summed E-state index contributed by atoms with van der Waals surface area (Å²) in [6.45, 7) is 6.86. The highest BCUT2D eigenvalue weighted by Gasteiger charge is 2.60. The molecular weight excluding hydrogens is 543 g/mol. The molecule has 9 heteroatoms. The lowest BCUT2D eigenvalue weighted by atomic mass is 9.44. The second kappa shape index (κ2) is 11.6. The van der Waals surface area contributed by atoms with Crippen molar-refractivity contribution in [2.45, 2.75) is 102 Å². The largest absolute Gasteiger partial charge is 0.393 e. The van der Waals surface area contributed by atoms with Crippen LogP contribution in [0.25, 0.3) is 0 Å². The van der Waals surface area contributed by atoms with E-state index < -0.39 is 28.3 Å². The summed E-state index contributed by atoms with van der Waals surface area (Å²) in [6.07, 6.45) is 11.5. The molecule has 0 radical (unpaired) electrons. The van der Waals surface area contributed by atoms with Crippen LogP contribution in [0, 0.1) is 52.2 Å². The number of aliphatic hydroxyl groups excluding tert-OH is 1. The van der Waals surface area contributed by atoms with Gasteiger partial charge in [-0.05, 0) is 135 Å². The number of hydrogen-bond acceptors (Lipinski definition) is 5. The fraction of sp³-hybridized carbons (Fsp3) is 0.750. The second-order valence-electron chi connectivity index (χ2n) is 14.1. The Morgan fingerprint density at radius 1 is 0.976 bits per heavy atom. The van der Waals surface area contributed by atoms with E-state index in [0.29, 0.717) is 35.0 Å². The fourth-order valence-electron chi connectivity index (χ4n) is 9.90. The summed E-state index contributed by atoms with van der Waals surface area (Å²) in [7, 11) is -4.13. The molecule has 5 rings (SSSR count). The SMILES string of the molecule is CC(CCC(=O)NCC(=O)NS(=O)(=O)c1ccc(F)cc1)C1CCC2C3CCC4CC(O)CCC4(C)C3CCC12C. The molecule has 4 fully saturated rings. The third kappa shape index (κ3) is 5.95. The predicted molar refractivity (Wildman–Crippen MR) is 154 cm³/mol. The molecule has 3 N–H and O–H groups in total. The zero-order valence-electron chi connectivity index (χ0n) is 24.7. The average molecular weight is 591 g/mol. The van der Waals surface area contributed by atoms with Gasteiger partial charge in [0.2, 0.25) is 5.91 Å². The van der Waals surface area contributed by atoms with Crippen molar-refractivity contribution in [3.63, 3.8) is 0 Å². The molecule has 0 bridgehead atoms. The van der Waals surface area contributed by atoms with Gasteiger partial charge in [0.25, 0.3) is 15.9 Å². The van der Waals surface area contributed by atoms with Crippen molar-refractivity contribution in [3.05, 3.63) is 30.1 Å². The number of nitrogens with one attached hydrogen (secondary N) is 2. The zero-order valence-corrected chi connectivity index (χ0v) is 25.5. The van der Waals surface area contributed by atoms with Gasteiger partial charge >= 0.3 is 0 Å². The number of rotatable bonds is 8. The molecule has 9 unspecified atom stereocenters. The standard InChI is InChI=1S/C32H47FN2O5S/c1-20(4-13-29(37)34-19-30(38)35-41(39,40)24-8-6-22(33)7-9-24)26-11-12-27-25-10-5-21-18-23(36)14-16-31(21,2)28(25)15-17-32(26,27)3/h6-9,20-21,23,25-28,36H,4-5,10-19H2,1-3H3,(H,34,37)(H,35,38). The molecular formula is C32H47FN2O5S. The molecule has 0 aromatic heterocycles. The third-order valence-corrected chi connectivity index (χ3v) is 13.4. The van der Waals surface area contributed by atoms with E-state index in [2.05, 4.69) is 26.1 Å². The molecule has 0 heterocycles. The van der Waals surface area contributed by atoms with Crippen molar-refractivity contribution in [1.82, 2.24) is 10.0 Å². The molecule has 0 aliphatic heterocycles. The van der Waals surface area contributed by atoms with Crippen molar-refractivity contribution in [3.8, 4) is 0 Å². The van der Waals surface area contributed by atoms with Gasteiger partial charge in [0.1, 0.15) is 5.82 Å². The average Bonchev–Trinajstić information content (AvgIpc) is 3.28. The van der Waals surface area contributed by atoms with E-state index in [-0.39, 0.29) is 16.9 Å². The van der Waals surface area contributed by atoms with E-state index in [1.165, 1.54) is 38.5 Å². The Morgan fingerprint density at radius 3 is 2.39 bits per heavy atom. The number of amides is 2. The van der Waals surface area contributed by atoms with Crippen molar-refractivity contribution < 1.29 is 27.5 Å². The lowest BCUT2D eigenvalue weighted by Gasteiger charge is -2.61. The molecule has 4 saturated carbocycles.